The molecule has 2 heterocycles. The van der Waals surface area contributed by atoms with Gasteiger partial charge in [0.05, 0.1) is 0 Å². The highest BCUT2D eigenvalue weighted by molar-refractivity contribution is 14.1. The van der Waals surface area contributed by atoms with Crippen molar-refractivity contribution in [2.45, 2.75) is 42.3 Å². The summed E-state index contributed by atoms with van der Waals surface area (Å²) < 4.78 is 3.37. The number of halogens is 1. The number of hydrogen-bond donors (Lipinski definition) is 2. The van der Waals surface area contributed by atoms with Crippen molar-refractivity contribution in [2.75, 3.05) is 12.3 Å². The summed E-state index contributed by atoms with van der Waals surface area (Å²) in [5.41, 5.74) is 16.1. The number of nitrogen functional groups attached to an aromatic ring is 1. The van der Waals surface area contributed by atoms with E-state index in [9.17, 15) is 0 Å². The third-order valence-corrected chi connectivity index (χ3v) is 6.77. The minimum atomic E-state index is 0.419. The predicted molar refractivity (Wildman–Crippen MR) is 109 cm³/mol. The molecule has 8 heteroatoms. The van der Waals surface area contributed by atoms with Crippen molar-refractivity contribution in [3.63, 3.8) is 0 Å². The Bertz CT molecular complexity index is 939. The van der Waals surface area contributed by atoms with Gasteiger partial charge in [0, 0.05) is 15.0 Å². The van der Waals surface area contributed by atoms with E-state index in [0.717, 1.165) is 23.8 Å². The molecule has 0 fully saturated rings. The normalized spacial score (nSPS) is 13.5. The molecular weight excluding hydrogens is 447 g/mol. The van der Waals surface area contributed by atoms with Gasteiger partial charge >= 0.3 is 0 Å². The second-order valence-corrected chi connectivity index (χ2v) is 8.30. The van der Waals surface area contributed by atoms with Gasteiger partial charge in [-0.25, -0.2) is 15.0 Å². The molecule has 4 rings (SSSR count). The minimum absolute atomic E-state index is 0.419. The van der Waals surface area contributed by atoms with Crippen LogP contribution in [0.25, 0.3) is 11.2 Å². The van der Waals surface area contributed by atoms with E-state index in [1.54, 1.807) is 11.8 Å². The maximum absolute atomic E-state index is 6.00. The maximum Gasteiger partial charge on any atom is 0.175 e. The number of nitrogens with zero attached hydrogens (tertiary/aromatic N) is 4. The van der Waals surface area contributed by atoms with E-state index >= 15 is 0 Å². The zero-order chi connectivity index (χ0) is 17.4. The van der Waals surface area contributed by atoms with Crippen molar-refractivity contribution in [3.8, 4) is 0 Å². The molecule has 0 amide bonds. The third-order valence-electron chi connectivity index (χ3n) is 4.46. The SMILES string of the molecule is NCCCn1c(Sc2cc3c(cc2I)CCC3)nc2c(N)ncnc21. The number of nitrogens with two attached hydrogens (primary N) is 2. The second kappa shape index (κ2) is 7.08. The van der Waals surface area contributed by atoms with Crippen molar-refractivity contribution >= 4 is 51.3 Å². The van der Waals surface area contributed by atoms with Crippen LogP contribution in [0.2, 0.25) is 0 Å². The highest BCUT2D eigenvalue weighted by atomic mass is 127. The van der Waals surface area contributed by atoms with E-state index in [2.05, 4.69) is 49.3 Å². The van der Waals surface area contributed by atoms with Gasteiger partial charge in [-0.3, -0.25) is 0 Å². The lowest BCUT2D eigenvalue weighted by molar-refractivity contribution is 0.612. The van der Waals surface area contributed by atoms with Crippen LogP contribution in [-0.4, -0.2) is 26.1 Å². The third kappa shape index (κ3) is 3.22. The van der Waals surface area contributed by atoms with Gasteiger partial charge in [-0.1, -0.05) is 11.8 Å². The van der Waals surface area contributed by atoms with Crippen molar-refractivity contribution in [1.29, 1.82) is 0 Å². The Balaban J connectivity index is 1.77. The first-order valence-electron chi connectivity index (χ1n) is 8.33. The van der Waals surface area contributed by atoms with Crippen LogP contribution in [-0.2, 0) is 19.4 Å². The number of imidazole rings is 1. The molecule has 0 radical (unpaired) electrons. The van der Waals surface area contributed by atoms with E-state index in [0.29, 0.717) is 17.9 Å². The van der Waals surface area contributed by atoms with E-state index < -0.39 is 0 Å². The highest BCUT2D eigenvalue weighted by Crippen LogP contribution is 2.37. The second-order valence-electron chi connectivity index (χ2n) is 6.13. The van der Waals surface area contributed by atoms with Crippen LogP contribution in [0.3, 0.4) is 0 Å². The van der Waals surface area contributed by atoms with Gasteiger partial charge < -0.3 is 16.0 Å². The first-order valence-corrected chi connectivity index (χ1v) is 10.2. The lowest BCUT2D eigenvalue weighted by Gasteiger charge is -2.10. The first kappa shape index (κ1) is 17.0. The number of hydrogen-bond acceptors (Lipinski definition) is 6. The van der Waals surface area contributed by atoms with Crippen LogP contribution in [0.4, 0.5) is 5.82 Å². The summed E-state index contributed by atoms with van der Waals surface area (Å²) in [5.74, 6) is 0.419. The monoisotopic (exact) mass is 466 g/mol. The smallest absolute Gasteiger partial charge is 0.175 e. The van der Waals surface area contributed by atoms with Crippen LogP contribution in [0, 0.1) is 3.57 Å². The Morgan fingerprint density at radius 3 is 2.80 bits per heavy atom. The molecule has 130 valence electrons. The highest BCUT2D eigenvalue weighted by Gasteiger charge is 2.19. The fourth-order valence-corrected chi connectivity index (χ4v) is 5.05. The Morgan fingerprint density at radius 2 is 2.00 bits per heavy atom. The Hall–Kier alpha value is -1.39. The quantitative estimate of drug-likeness (QED) is 0.562. The van der Waals surface area contributed by atoms with Gasteiger partial charge in [-0.2, -0.15) is 0 Å². The molecule has 1 aliphatic rings. The Labute approximate surface area is 163 Å². The Kier molecular flexibility index (Phi) is 4.83. The number of benzene rings is 1. The molecule has 1 aromatic carbocycles. The maximum atomic E-state index is 6.00. The molecule has 25 heavy (non-hydrogen) atoms. The summed E-state index contributed by atoms with van der Waals surface area (Å²) >= 11 is 4.09. The molecule has 0 saturated heterocycles. The van der Waals surface area contributed by atoms with Crippen LogP contribution >= 0.6 is 34.4 Å². The molecule has 0 unspecified atom stereocenters. The van der Waals surface area contributed by atoms with E-state index in [-0.39, 0.29) is 0 Å². The van der Waals surface area contributed by atoms with Gasteiger partial charge in [-0.15, -0.1) is 0 Å². The summed E-state index contributed by atoms with van der Waals surface area (Å²) in [4.78, 5) is 14.4. The largest absolute Gasteiger partial charge is 0.382 e. The number of anilines is 1. The molecule has 0 aliphatic heterocycles. The topological polar surface area (TPSA) is 95.6 Å². The van der Waals surface area contributed by atoms with Crippen molar-refractivity contribution in [2.24, 2.45) is 5.73 Å². The molecule has 1 aliphatic carbocycles. The number of aromatic nitrogens is 4. The molecule has 2 aromatic heterocycles. The number of aryl methyl sites for hydroxylation is 3. The predicted octanol–water partition coefficient (Wildman–Crippen LogP) is 3.00. The van der Waals surface area contributed by atoms with Crippen molar-refractivity contribution < 1.29 is 0 Å². The van der Waals surface area contributed by atoms with Gasteiger partial charge in [0.15, 0.2) is 22.1 Å². The molecule has 0 saturated carbocycles. The van der Waals surface area contributed by atoms with Gasteiger partial charge in [0.2, 0.25) is 0 Å². The molecule has 3 aromatic rings. The van der Waals surface area contributed by atoms with Crippen LogP contribution in [0.5, 0.6) is 0 Å². The molecule has 0 spiro atoms. The van der Waals surface area contributed by atoms with Gasteiger partial charge in [-0.05, 0) is 78.1 Å². The summed E-state index contributed by atoms with van der Waals surface area (Å²) in [5, 5.41) is 0.895. The molecule has 4 N–H and O–H groups in total. The molecule has 0 bridgehead atoms. The van der Waals surface area contributed by atoms with E-state index in [4.69, 9.17) is 16.5 Å². The van der Waals surface area contributed by atoms with Crippen molar-refractivity contribution in [3.05, 3.63) is 33.2 Å². The van der Waals surface area contributed by atoms with Crippen LogP contribution < -0.4 is 11.5 Å². The lowest BCUT2D eigenvalue weighted by atomic mass is 10.1. The molecule has 0 atom stereocenters. The lowest BCUT2D eigenvalue weighted by Crippen LogP contribution is -2.07. The number of fused-ring (bicyclic) bond motifs is 2. The summed E-state index contributed by atoms with van der Waals surface area (Å²) in [6.45, 7) is 1.40. The Morgan fingerprint density at radius 1 is 1.20 bits per heavy atom. The van der Waals surface area contributed by atoms with E-state index in [1.807, 2.05) is 0 Å². The van der Waals surface area contributed by atoms with Crippen molar-refractivity contribution in [1.82, 2.24) is 19.5 Å². The average molecular weight is 466 g/mol. The molecule has 6 nitrogen and oxygen atoms in total. The molecular formula is C17H19IN6S. The van der Waals surface area contributed by atoms with Gasteiger partial charge in [0.1, 0.15) is 6.33 Å². The zero-order valence-electron chi connectivity index (χ0n) is 13.7. The average Bonchev–Trinajstić information content (AvgIpc) is 3.18. The fraction of sp³-hybridized carbons (Fsp3) is 0.353. The fourth-order valence-electron chi connectivity index (χ4n) is 3.21. The van der Waals surface area contributed by atoms with Crippen LogP contribution in [0.15, 0.2) is 28.5 Å². The zero-order valence-corrected chi connectivity index (χ0v) is 16.7. The first-order chi connectivity index (χ1) is 12.2. The minimum Gasteiger partial charge on any atom is -0.382 e. The summed E-state index contributed by atoms with van der Waals surface area (Å²) in [6.07, 6.45) is 5.97. The number of rotatable bonds is 5. The standard InChI is InChI=1S/C17H19IN6S/c18-12-7-10-3-1-4-11(10)8-13(12)25-17-23-14-15(20)21-9-22-16(14)24(17)6-2-5-19/h7-9H,1-6,19H2,(H2,20,21,22). The summed E-state index contributed by atoms with van der Waals surface area (Å²) in [7, 11) is 0. The summed E-state index contributed by atoms with van der Waals surface area (Å²) in [6, 6.07) is 4.63. The van der Waals surface area contributed by atoms with Gasteiger partial charge in [0.25, 0.3) is 0 Å². The van der Waals surface area contributed by atoms with Crippen LogP contribution in [0.1, 0.15) is 24.0 Å². The van der Waals surface area contributed by atoms with E-state index in [1.165, 1.54) is 45.2 Å².